The quantitative estimate of drug-likeness (QED) is 0.346. The molecule has 0 fully saturated rings. The van der Waals surface area contributed by atoms with Gasteiger partial charge < -0.3 is 14.2 Å². The van der Waals surface area contributed by atoms with Crippen LogP contribution in [0.2, 0.25) is 0 Å². The molecule has 4 rings (SSSR count). The lowest BCUT2D eigenvalue weighted by Crippen LogP contribution is -2.05. The van der Waals surface area contributed by atoms with Crippen LogP contribution in [0.4, 0.5) is 0 Å². The predicted octanol–water partition coefficient (Wildman–Crippen LogP) is 5.89. The largest absolute Gasteiger partial charge is 0.494 e. The number of rotatable bonds is 8. The highest BCUT2D eigenvalue weighted by Gasteiger charge is 2.15. The van der Waals surface area contributed by atoms with Crippen LogP contribution in [0, 0.1) is 0 Å². The molecular weight excluding hydrogens is 402 g/mol. The molecule has 2 aromatic carbocycles. The maximum absolute atomic E-state index is 6.30. The maximum Gasteiger partial charge on any atom is 0.221 e. The Morgan fingerprint density at radius 2 is 1.56 bits per heavy atom. The second-order valence-corrected chi connectivity index (χ2v) is 8.27. The number of nitrogens with zero attached hydrogens (tertiary/aromatic N) is 3. The van der Waals surface area contributed by atoms with Crippen LogP contribution < -0.4 is 14.2 Å². The minimum atomic E-state index is 0.269. The van der Waals surface area contributed by atoms with Crippen molar-refractivity contribution in [3.8, 4) is 17.4 Å². The van der Waals surface area contributed by atoms with Gasteiger partial charge in [-0.3, -0.25) is 4.98 Å². The number of hydrogen-bond donors (Lipinski definition) is 0. The van der Waals surface area contributed by atoms with E-state index in [1.807, 2.05) is 12.1 Å². The molecule has 2 aromatic heterocycles. The summed E-state index contributed by atoms with van der Waals surface area (Å²) >= 11 is 0. The van der Waals surface area contributed by atoms with E-state index in [1.165, 1.54) is 5.56 Å². The summed E-state index contributed by atoms with van der Waals surface area (Å²) in [7, 11) is 3.31. The predicted molar refractivity (Wildman–Crippen MR) is 127 cm³/mol. The van der Waals surface area contributed by atoms with E-state index in [2.05, 4.69) is 53.9 Å². The molecule has 0 spiro atoms. The summed E-state index contributed by atoms with van der Waals surface area (Å²) in [6.45, 7) is 7.12. The van der Waals surface area contributed by atoms with E-state index in [0.717, 1.165) is 45.3 Å². The fourth-order valence-corrected chi connectivity index (χ4v) is 3.88. The molecule has 6 heteroatoms. The molecule has 1 atom stereocenters. The molecule has 166 valence electrons. The highest BCUT2D eigenvalue weighted by Crippen LogP contribution is 2.35. The summed E-state index contributed by atoms with van der Waals surface area (Å²) in [5.41, 5.74) is 3.97. The van der Waals surface area contributed by atoms with Crippen LogP contribution in [0.3, 0.4) is 0 Å². The zero-order valence-electron chi connectivity index (χ0n) is 19.3. The molecule has 1 unspecified atom stereocenters. The van der Waals surface area contributed by atoms with Crippen molar-refractivity contribution in [2.45, 2.75) is 39.0 Å². The minimum Gasteiger partial charge on any atom is -0.494 e. The third-order valence-electron chi connectivity index (χ3n) is 5.85. The van der Waals surface area contributed by atoms with Crippen LogP contribution >= 0.6 is 0 Å². The molecule has 0 aliphatic carbocycles. The lowest BCUT2D eigenvalue weighted by Gasteiger charge is -2.17. The van der Waals surface area contributed by atoms with E-state index in [9.17, 15) is 0 Å². The first-order valence-electron chi connectivity index (χ1n) is 10.9. The van der Waals surface area contributed by atoms with Crippen LogP contribution in [0.25, 0.3) is 21.8 Å². The number of aromatic nitrogens is 3. The molecule has 0 aliphatic rings. The number of pyridine rings is 1. The van der Waals surface area contributed by atoms with Gasteiger partial charge in [-0.15, -0.1) is 0 Å². The van der Waals surface area contributed by atoms with Crippen molar-refractivity contribution in [2.75, 3.05) is 20.8 Å². The Labute approximate surface area is 188 Å². The van der Waals surface area contributed by atoms with Gasteiger partial charge in [-0.1, -0.05) is 20.8 Å². The first kappa shape index (κ1) is 21.8. The van der Waals surface area contributed by atoms with Crippen molar-refractivity contribution in [1.29, 1.82) is 0 Å². The fourth-order valence-electron chi connectivity index (χ4n) is 3.88. The molecule has 0 saturated carbocycles. The van der Waals surface area contributed by atoms with Gasteiger partial charge in [0, 0.05) is 29.4 Å². The van der Waals surface area contributed by atoms with Gasteiger partial charge in [0.05, 0.1) is 26.3 Å². The van der Waals surface area contributed by atoms with Crippen molar-refractivity contribution in [3.63, 3.8) is 0 Å². The zero-order valence-corrected chi connectivity index (χ0v) is 19.3. The standard InChI is InChI=1S/C26H29N3O3/c1-16(2)18-12-21-20(6-8-29-26(21)31-5)23(14-18)32-11-7-17(3)19-13-22-25(24(15-19)30-4)28-10-9-27-22/h6,8-10,12-17H,7,11H2,1-5H3. The molecule has 4 aromatic rings. The Balaban J connectivity index is 1.56. The molecule has 0 aliphatic heterocycles. The van der Waals surface area contributed by atoms with E-state index in [-0.39, 0.29) is 5.92 Å². The molecule has 0 radical (unpaired) electrons. The van der Waals surface area contributed by atoms with Crippen LogP contribution in [0.1, 0.15) is 50.2 Å². The van der Waals surface area contributed by atoms with Gasteiger partial charge in [0.1, 0.15) is 17.0 Å². The average Bonchev–Trinajstić information content (AvgIpc) is 2.82. The summed E-state index contributed by atoms with van der Waals surface area (Å²) in [4.78, 5) is 13.2. The SMILES string of the molecule is COc1nccc2c(OCCC(C)c3cc(OC)c4nccnc4c3)cc(C(C)C)cc12. The van der Waals surface area contributed by atoms with Crippen LogP contribution in [-0.2, 0) is 0 Å². The summed E-state index contributed by atoms with van der Waals surface area (Å²) < 4.78 is 17.3. The normalized spacial score (nSPS) is 12.3. The monoisotopic (exact) mass is 431 g/mol. The van der Waals surface area contributed by atoms with Crippen molar-refractivity contribution in [1.82, 2.24) is 15.0 Å². The van der Waals surface area contributed by atoms with E-state index >= 15 is 0 Å². The third-order valence-corrected chi connectivity index (χ3v) is 5.85. The second-order valence-electron chi connectivity index (χ2n) is 8.27. The number of fused-ring (bicyclic) bond motifs is 2. The highest BCUT2D eigenvalue weighted by molar-refractivity contribution is 5.92. The van der Waals surface area contributed by atoms with Crippen LogP contribution in [0.5, 0.6) is 17.4 Å². The van der Waals surface area contributed by atoms with E-state index in [0.29, 0.717) is 18.4 Å². The topological polar surface area (TPSA) is 66.4 Å². The van der Waals surface area contributed by atoms with Crippen molar-refractivity contribution >= 4 is 21.8 Å². The third kappa shape index (κ3) is 4.31. The molecule has 0 N–H and O–H groups in total. The molecule has 0 bridgehead atoms. The number of hydrogen-bond acceptors (Lipinski definition) is 6. The van der Waals surface area contributed by atoms with E-state index < -0.39 is 0 Å². The zero-order chi connectivity index (χ0) is 22.7. The van der Waals surface area contributed by atoms with Gasteiger partial charge in [0.2, 0.25) is 5.88 Å². The van der Waals surface area contributed by atoms with Gasteiger partial charge in [0.25, 0.3) is 0 Å². The number of benzene rings is 2. The van der Waals surface area contributed by atoms with Gasteiger partial charge in [-0.05, 0) is 59.7 Å². The van der Waals surface area contributed by atoms with Crippen LogP contribution in [0.15, 0.2) is 48.9 Å². The molecule has 2 heterocycles. The van der Waals surface area contributed by atoms with Gasteiger partial charge in [-0.25, -0.2) is 9.97 Å². The smallest absolute Gasteiger partial charge is 0.221 e. The van der Waals surface area contributed by atoms with Gasteiger partial charge in [0.15, 0.2) is 0 Å². The highest BCUT2D eigenvalue weighted by atomic mass is 16.5. The Hall–Kier alpha value is -3.41. The van der Waals surface area contributed by atoms with Crippen molar-refractivity contribution < 1.29 is 14.2 Å². The lowest BCUT2D eigenvalue weighted by atomic mass is 9.97. The van der Waals surface area contributed by atoms with Gasteiger partial charge >= 0.3 is 0 Å². The summed E-state index contributed by atoms with van der Waals surface area (Å²) in [6, 6.07) is 10.4. The Bertz CT molecular complexity index is 1240. The van der Waals surface area contributed by atoms with E-state index in [4.69, 9.17) is 14.2 Å². The number of ether oxygens (including phenoxy) is 3. The lowest BCUT2D eigenvalue weighted by molar-refractivity contribution is 0.303. The Morgan fingerprint density at radius 3 is 2.31 bits per heavy atom. The minimum absolute atomic E-state index is 0.269. The number of methoxy groups -OCH3 is 2. The molecule has 0 amide bonds. The van der Waals surface area contributed by atoms with E-state index in [1.54, 1.807) is 32.8 Å². The van der Waals surface area contributed by atoms with Crippen LogP contribution in [-0.4, -0.2) is 35.8 Å². The second kappa shape index (κ2) is 9.39. The van der Waals surface area contributed by atoms with Crippen molar-refractivity contribution in [2.24, 2.45) is 0 Å². The first-order chi connectivity index (χ1) is 15.5. The summed E-state index contributed by atoms with van der Waals surface area (Å²) in [5.74, 6) is 2.87. The molecule has 0 saturated heterocycles. The molecule has 6 nitrogen and oxygen atoms in total. The molecular formula is C26H29N3O3. The maximum atomic E-state index is 6.30. The average molecular weight is 432 g/mol. The van der Waals surface area contributed by atoms with Gasteiger partial charge in [-0.2, -0.15) is 0 Å². The molecule has 32 heavy (non-hydrogen) atoms. The first-order valence-corrected chi connectivity index (χ1v) is 10.9. The summed E-state index contributed by atoms with van der Waals surface area (Å²) in [5, 5.41) is 1.98. The fraction of sp³-hybridized carbons (Fsp3) is 0.346. The Morgan fingerprint density at radius 1 is 0.781 bits per heavy atom. The van der Waals surface area contributed by atoms with Crippen molar-refractivity contribution in [3.05, 3.63) is 60.0 Å². The summed E-state index contributed by atoms with van der Waals surface area (Å²) in [6.07, 6.45) is 6.00. The Kier molecular flexibility index (Phi) is 6.40.